The Morgan fingerprint density at radius 1 is 1.11 bits per heavy atom. The van der Waals surface area contributed by atoms with E-state index in [0.717, 1.165) is 27.8 Å². The van der Waals surface area contributed by atoms with Crippen molar-refractivity contribution in [2.75, 3.05) is 5.75 Å². The summed E-state index contributed by atoms with van der Waals surface area (Å²) in [7, 11) is 1.71. The minimum absolute atomic E-state index is 0.0673. The van der Waals surface area contributed by atoms with Crippen LogP contribution in [-0.4, -0.2) is 16.2 Å². The fraction of sp³-hybridized carbons (Fsp3) is 0.238. The zero-order chi connectivity index (χ0) is 19.4. The van der Waals surface area contributed by atoms with Crippen molar-refractivity contribution in [3.8, 4) is 0 Å². The van der Waals surface area contributed by atoms with Gasteiger partial charge in [-0.15, -0.1) is 11.8 Å². The summed E-state index contributed by atoms with van der Waals surface area (Å²) >= 11 is 7.41. The third kappa shape index (κ3) is 4.73. The van der Waals surface area contributed by atoms with E-state index in [2.05, 4.69) is 24.4 Å². The topological polar surface area (TPSA) is 51.1 Å². The summed E-state index contributed by atoms with van der Waals surface area (Å²) in [6, 6.07) is 15.2. The standard InChI is InChI=1S/C21H21ClN2O2S/c1-3-14-4-6-15(7-5-14)12-23-20(25)13-27-19-11-21(26)24(2)18-10-16(22)8-9-17(18)19/h4-11H,3,12-13H2,1-2H3,(H,23,25). The van der Waals surface area contributed by atoms with Crippen molar-refractivity contribution in [1.29, 1.82) is 0 Å². The average molecular weight is 401 g/mol. The minimum atomic E-state index is -0.122. The van der Waals surface area contributed by atoms with Gasteiger partial charge in [-0.2, -0.15) is 0 Å². The summed E-state index contributed by atoms with van der Waals surface area (Å²) in [6.45, 7) is 2.61. The number of aryl methyl sites for hydroxylation is 2. The zero-order valence-electron chi connectivity index (χ0n) is 15.3. The van der Waals surface area contributed by atoms with Gasteiger partial charge in [0.05, 0.1) is 11.3 Å². The fourth-order valence-corrected chi connectivity index (χ4v) is 3.87. The van der Waals surface area contributed by atoms with Gasteiger partial charge in [-0.25, -0.2) is 0 Å². The van der Waals surface area contributed by atoms with Crippen LogP contribution in [0.2, 0.25) is 5.02 Å². The van der Waals surface area contributed by atoms with Crippen LogP contribution in [0.4, 0.5) is 0 Å². The molecule has 0 unspecified atom stereocenters. The molecule has 0 radical (unpaired) electrons. The van der Waals surface area contributed by atoms with E-state index in [0.29, 0.717) is 11.6 Å². The quantitative estimate of drug-likeness (QED) is 0.632. The lowest BCUT2D eigenvalue weighted by Crippen LogP contribution is -2.24. The predicted octanol–water partition coefficient (Wildman–Crippen LogP) is 4.16. The number of carbonyl (C=O) groups is 1. The number of amides is 1. The van der Waals surface area contributed by atoms with Gasteiger partial charge in [0, 0.05) is 35.0 Å². The Kier molecular flexibility index (Phi) is 6.24. The smallest absolute Gasteiger partial charge is 0.251 e. The first kappa shape index (κ1) is 19.5. The molecular formula is C21H21ClN2O2S. The van der Waals surface area contributed by atoms with Gasteiger partial charge in [-0.05, 0) is 29.7 Å². The number of carbonyl (C=O) groups excluding carboxylic acids is 1. The molecular weight excluding hydrogens is 380 g/mol. The number of pyridine rings is 1. The van der Waals surface area contributed by atoms with Crippen molar-refractivity contribution < 1.29 is 4.79 Å². The highest BCUT2D eigenvalue weighted by Crippen LogP contribution is 2.28. The number of thioether (sulfide) groups is 1. The maximum absolute atomic E-state index is 12.2. The number of rotatable bonds is 6. The Labute approximate surface area is 167 Å². The summed E-state index contributed by atoms with van der Waals surface area (Å²) < 4.78 is 1.56. The van der Waals surface area contributed by atoms with E-state index in [9.17, 15) is 9.59 Å². The van der Waals surface area contributed by atoms with Crippen molar-refractivity contribution in [3.63, 3.8) is 0 Å². The predicted molar refractivity (Wildman–Crippen MR) is 113 cm³/mol. The molecule has 0 spiro atoms. The van der Waals surface area contributed by atoms with Gasteiger partial charge in [-0.1, -0.05) is 48.9 Å². The number of benzene rings is 2. The molecule has 1 N–H and O–H groups in total. The Bertz CT molecular complexity index is 1030. The van der Waals surface area contributed by atoms with Gasteiger partial charge < -0.3 is 9.88 Å². The van der Waals surface area contributed by atoms with Gasteiger partial charge in [0.25, 0.3) is 5.56 Å². The van der Waals surface area contributed by atoms with Crippen LogP contribution < -0.4 is 10.9 Å². The number of hydrogen-bond donors (Lipinski definition) is 1. The molecule has 0 saturated heterocycles. The molecule has 1 aromatic heterocycles. The van der Waals surface area contributed by atoms with E-state index < -0.39 is 0 Å². The summed E-state index contributed by atoms with van der Waals surface area (Å²) in [4.78, 5) is 25.2. The van der Waals surface area contributed by atoms with Gasteiger partial charge in [0.1, 0.15) is 0 Å². The Balaban J connectivity index is 1.66. The number of nitrogens with one attached hydrogen (secondary N) is 1. The summed E-state index contributed by atoms with van der Waals surface area (Å²) in [6.07, 6.45) is 0.999. The largest absolute Gasteiger partial charge is 0.351 e. The van der Waals surface area contributed by atoms with E-state index in [4.69, 9.17) is 11.6 Å². The molecule has 6 heteroatoms. The molecule has 3 rings (SSSR count). The number of nitrogens with zero attached hydrogens (tertiary/aromatic N) is 1. The average Bonchev–Trinajstić information content (AvgIpc) is 2.68. The molecule has 0 atom stereocenters. The fourth-order valence-electron chi connectivity index (χ4n) is 2.80. The molecule has 1 amide bonds. The summed E-state index contributed by atoms with van der Waals surface area (Å²) in [5.74, 6) is 0.181. The van der Waals surface area contributed by atoms with E-state index in [1.54, 1.807) is 29.8 Å². The molecule has 27 heavy (non-hydrogen) atoms. The molecule has 0 aliphatic heterocycles. The molecule has 1 heterocycles. The van der Waals surface area contributed by atoms with E-state index >= 15 is 0 Å². The molecule has 4 nitrogen and oxygen atoms in total. The highest BCUT2D eigenvalue weighted by molar-refractivity contribution is 8.00. The van der Waals surface area contributed by atoms with Crippen LogP contribution in [-0.2, 0) is 24.8 Å². The van der Waals surface area contributed by atoms with Gasteiger partial charge >= 0.3 is 0 Å². The van der Waals surface area contributed by atoms with Crippen LogP contribution in [0, 0.1) is 0 Å². The maximum Gasteiger partial charge on any atom is 0.251 e. The SMILES string of the molecule is CCc1ccc(CNC(=O)CSc2cc(=O)n(C)c3cc(Cl)ccc23)cc1. The summed E-state index contributed by atoms with van der Waals surface area (Å²) in [5, 5.41) is 4.41. The zero-order valence-corrected chi connectivity index (χ0v) is 16.9. The van der Waals surface area contributed by atoms with Crippen LogP contribution >= 0.6 is 23.4 Å². The van der Waals surface area contributed by atoms with Crippen molar-refractivity contribution in [3.05, 3.63) is 75.0 Å². The molecule has 3 aromatic rings. The maximum atomic E-state index is 12.2. The lowest BCUT2D eigenvalue weighted by molar-refractivity contribution is -0.118. The molecule has 0 fully saturated rings. The second-order valence-electron chi connectivity index (χ2n) is 6.30. The van der Waals surface area contributed by atoms with Crippen LogP contribution in [0.5, 0.6) is 0 Å². The van der Waals surface area contributed by atoms with Crippen LogP contribution in [0.25, 0.3) is 10.9 Å². The normalized spacial score (nSPS) is 10.9. The van der Waals surface area contributed by atoms with Crippen LogP contribution in [0.3, 0.4) is 0 Å². The van der Waals surface area contributed by atoms with Gasteiger partial charge in [-0.3, -0.25) is 9.59 Å². The number of fused-ring (bicyclic) bond motifs is 1. The number of halogens is 1. The van der Waals surface area contributed by atoms with E-state index in [1.807, 2.05) is 18.2 Å². The molecule has 2 aromatic carbocycles. The molecule has 0 aliphatic carbocycles. The van der Waals surface area contributed by atoms with Crippen molar-refractivity contribution in [2.45, 2.75) is 24.8 Å². The molecule has 0 saturated carbocycles. The van der Waals surface area contributed by atoms with Crippen molar-refractivity contribution in [1.82, 2.24) is 9.88 Å². The Hall–Kier alpha value is -2.24. The van der Waals surface area contributed by atoms with Crippen LogP contribution in [0.1, 0.15) is 18.1 Å². The number of aromatic nitrogens is 1. The summed E-state index contributed by atoms with van der Waals surface area (Å²) in [5.41, 5.74) is 2.98. The third-order valence-corrected chi connectivity index (χ3v) is 5.74. The first-order valence-corrected chi connectivity index (χ1v) is 10.1. The van der Waals surface area contributed by atoms with Gasteiger partial charge in [0.15, 0.2) is 0 Å². The minimum Gasteiger partial charge on any atom is -0.351 e. The Morgan fingerprint density at radius 3 is 2.52 bits per heavy atom. The van der Waals surface area contributed by atoms with Crippen LogP contribution in [0.15, 0.2) is 58.2 Å². The van der Waals surface area contributed by atoms with Gasteiger partial charge in [0.2, 0.25) is 5.91 Å². The highest BCUT2D eigenvalue weighted by atomic mass is 35.5. The monoisotopic (exact) mass is 400 g/mol. The molecule has 0 aliphatic rings. The second-order valence-corrected chi connectivity index (χ2v) is 7.76. The first-order chi connectivity index (χ1) is 13.0. The number of hydrogen-bond acceptors (Lipinski definition) is 3. The Morgan fingerprint density at radius 2 is 1.81 bits per heavy atom. The second kappa shape index (κ2) is 8.63. The van der Waals surface area contributed by atoms with E-state index in [-0.39, 0.29) is 17.2 Å². The highest BCUT2D eigenvalue weighted by Gasteiger charge is 2.10. The van der Waals surface area contributed by atoms with E-state index in [1.165, 1.54) is 17.3 Å². The van der Waals surface area contributed by atoms with Crippen molar-refractivity contribution in [2.24, 2.45) is 7.05 Å². The molecule has 140 valence electrons. The van der Waals surface area contributed by atoms with Crippen molar-refractivity contribution >= 4 is 40.2 Å². The molecule has 0 bridgehead atoms. The first-order valence-electron chi connectivity index (χ1n) is 8.74. The third-order valence-electron chi connectivity index (χ3n) is 4.45. The lowest BCUT2D eigenvalue weighted by Gasteiger charge is -2.10. The lowest BCUT2D eigenvalue weighted by atomic mass is 10.1.